The monoisotopic (exact) mass is 178 g/mol. The van der Waals surface area contributed by atoms with Crippen molar-refractivity contribution in [3.05, 3.63) is 23.3 Å². The SMILES string of the molecule is CCC=CCC1=C(CC)CCC1=O. The molecule has 0 aromatic carbocycles. The predicted octanol–water partition coefficient (Wildman–Crippen LogP) is 3.41. The second-order valence-corrected chi connectivity index (χ2v) is 3.44. The van der Waals surface area contributed by atoms with Crippen molar-refractivity contribution in [3.8, 4) is 0 Å². The second-order valence-electron chi connectivity index (χ2n) is 3.44. The lowest BCUT2D eigenvalue weighted by molar-refractivity contribution is -0.114. The van der Waals surface area contributed by atoms with E-state index in [2.05, 4.69) is 26.0 Å². The quantitative estimate of drug-likeness (QED) is 0.603. The first-order valence-corrected chi connectivity index (χ1v) is 5.18. The van der Waals surface area contributed by atoms with Crippen LogP contribution in [0.3, 0.4) is 0 Å². The molecule has 1 nitrogen and oxygen atoms in total. The van der Waals surface area contributed by atoms with Crippen molar-refractivity contribution in [2.45, 2.75) is 46.0 Å². The average Bonchev–Trinajstić information content (AvgIpc) is 2.48. The minimum absolute atomic E-state index is 0.373. The molecule has 0 saturated heterocycles. The van der Waals surface area contributed by atoms with Crippen LogP contribution in [0.1, 0.15) is 46.0 Å². The van der Waals surface area contributed by atoms with E-state index in [-0.39, 0.29) is 0 Å². The average molecular weight is 178 g/mol. The maximum atomic E-state index is 11.4. The Balaban J connectivity index is 2.63. The Morgan fingerprint density at radius 2 is 2.00 bits per heavy atom. The fourth-order valence-electron chi connectivity index (χ4n) is 1.78. The third-order valence-corrected chi connectivity index (χ3v) is 2.57. The van der Waals surface area contributed by atoms with Crippen LogP contribution in [0.15, 0.2) is 23.3 Å². The second kappa shape index (κ2) is 5.00. The highest BCUT2D eigenvalue weighted by Gasteiger charge is 2.19. The molecule has 0 fully saturated rings. The number of allylic oxidation sites excluding steroid dienone is 4. The molecular formula is C12H18O. The summed E-state index contributed by atoms with van der Waals surface area (Å²) >= 11 is 0. The van der Waals surface area contributed by atoms with Crippen LogP contribution in [-0.2, 0) is 4.79 Å². The molecule has 0 aliphatic heterocycles. The normalized spacial score (nSPS) is 17.8. The van der Waals surface area contributed by atoms with Gasteiger partial charge in [-0.2, -0.15) is 0 Å². The first kappa shape index (κ1) is 10.2. The maximum absolute atomic E-state index is 11.4. The highest BCUT2D eigenvalue weighted by Crippen LogP contribution is 2.27. The zero-order valence-corrected chi connectivity index (χ0v) is 8.60. The third-order valence-electron chi connectivity index (χ3n) is 2.57. The molecule has 0 aromatic rings. The molecule has 0 unspecified atom stereocenters. The predicted molar refractivity (Wildman–Crippen MR) is 55.6 cm³/mol. The Labute approximate surface area is 80.5 Å². The van der Waals surface area contributed by atoms with Gasteiger partial charge in [0.1, 0.15) is 0 Å². The highest BCUT2D eigenvalue weighted by atomic mass is 16.1. The molecule has 0 atom stereocenters. The minimum atomic E-state index is 0.373. The summed E-state index contributed by atoms with van der Waals surface area (Å²) in [5.41, 5.74) is 2.47. The number of rotatable bonds is 4. The van der Waals surface area contributed by atoms with E-state index in [4.69, 9.17) is 0 Å². The van der Waals surface area contributed by atoms with Gasteiger partial charge in [0, 0.05) is 6.42 Å². The minimum Gasteiger partial charge on any atom is -0.295 e. The Morgan fingerprint density at radius 1 is 1.23 bits per heavy atom. The molecule has 1 heteroatoms. The molecule has 0 spiro atoms. The molecule has 13 heavy (non-hydrogen) atoms. The fourth-order valence-corrected chi connectivity index (χ4v) is 1.78. The fraction of sp³-hybridized carbons (Fsp3) is 0.583. The standard InChI is InChI=1S/C12H18O/c1-3-5-6-7-11-10(4-2)8-9-12(11)13/h5-6H,3-4,7-9H2,1-2H3. The van der Waals surface area contributed by atoms with E-state index in [1.54, 1.807) is 0 Å². The Kier molecular flexibility index (Phi) is 3.94. The molecule has 0 aromatic heterocycles. The zero-order valence-electron chi connectivity index (χ0n) is 8.60. The number of Topliss-reactive ketones (excluding diaryl/α,β-unsaturated/α-hetero) is 1. The first-order chi connectivity index (χ1) is 6.29. The van der Waals surface area contributed by atoms with Gasteiger partial charge in [-0.25, -0.2) is 0 Å². The number of hydrogen-bond acceptors (Lipinski definition) is 1. The van der Waals surface area contributed by atoms with Gasteiger partial charge in [-0.15, -0.1) is 0 Å². The lowest BCUT2D eigenvalue weighted by Gasteiger charge is -1.99. The van der Waals surface area contributed by atoms with Crippen LogP contribution in [-0.4, -0.2) is 5.78 Å². The van der Waals surface area contributed by atoms with Gasteiger partial charge >= 0.3 is 0 Å². The van der Waals surface area contributed by atoms with Crippen molar-refractivity contribution >= 4 is 5.78 Å². The van der Waals surface area contributed by atoms with Crippen LogP contribution >= 0.6 is 0 Å². The molecule has 1 aliphatic rings. The molecule has 1 rings (SSSR count). The van der Waals surface area contributed by atoms with Gasteiger partial charge in [0.25, 0.3) is 0 Å². The molecule has 0 bridgehead atoms. The maximum Gasteiger partial charge on any atom is 0.159 e. The van der Waals surface area contributed by atoms with Gasteiger partial charge in [0.2, 0.25) is 0 Å². The number of carbonyl (C=O) groups is 1. The summed E-state index contributed by atoms with van der Waals surface area (Å²) in [7, 11) is 0. The lowest BCUT2D eigenvalue weighted by Crippen LogP contribution is -1.94. The van der Waals surface area contributed by atoms with E-state index >= 15 is 0 Å². The molecule has 0 N–H and O–H groups in total. The van der Waals surface area contributed by atoms with Crippen molar-refractivity contribution in [2.24, 2.45) is 0 Å². The number of carbonyl (C=O) groups excluding carboxylic acids is 1. The Hall–Kier alpha value is -0.850. The van der Waals surface area contributed by atoms with Gasteiger partial charge in [-0.05, 0) is 31.3 Å². The Morgan fingerprint density at radius 3 is 2.62 bits per heavy atom. The van der Waals surface area contributed by atoms with Gasteiger partial charge in [-0.3, -0.25) is 4.79 Å². The van der Waals surface area contributed by atoms with E-state index in [1.807, 2.05) is 0 Å². The highest BCUT2D eigenvalue weighted by molar-refractivity contribution is 5.98. The van der Waals surface area contributed by atoms with Crippen LogP contribution < -0.4 is 0 Å². The van der Waals surface area contributed by atoms with Gasteiger partial charge in [-0.1, -0.05) is 31.6 Å². The summed E-state index contributed by atoms with van der Waals surface area (Å²) in [6.07, 6.45) is 8.96. The summed E-state index contributed by atoms with van der Waals surface area (Å²) in [5.74, 6) is 0.373. The lowest BCUT2D eigenvalue weighted by atomic mass is 10.1. The van der Waals surface area contributed by atoms with E-state index in [0.29, 0.717) is 5.78 Å². The van der Waals surface area contributed by atoms with Gasteiger partial charge in [0.15, 0.2) is 5.78 Å². The molecular weight excluding hydrogens is 160 g/mol. The van der Waals surface area contributed by atoms with Crippen molar-refractivity contribution in [2.75, 3.05) is 0 Å². The first-order valence-electron chi connectivity index (χ1n) is 5.18. The Bertz CT molecular complexity index is 246. The summed E-state index contributed by atoms with van der Waals surface area (Å²) in [6.45, 7) is 4.25. The summed E-state index contributed by atoms with van der Waals surface area (Å²) in [4.78, 5) is 11.4. The molecule has 0 heterocycles. The van der Waals surface area contributed by atoms with Crippen molar-refractivity contribution in [1.29, 1.82) is 0 Å². The van der Waals surface area contributed by atoms with Crippen LogP contribution in [0.25, 0.3) is 0 Å². The molecule has 72 valence electrons. The van der Waals surface area contributed by atoms with E-state index in [1.165, 1.54) is 5.57 Å². The van der Waals surface area contributed by atoms with Crippen molar-refractivity contribution in [3.63, 3.8) is 0 Å². The molecule has 0 amide bonds. The van der Waals surface area contributed by atoms with Crippen LogP contribution in [0.5, 0.6) is 0 Å². The smallest absolute Gasteiger partial charge is 0.159 e. The van der Waals surface area contributed by atoms with E-state index in [0.717, 1.165) is 37.7 Å². The summed E-state index contributed by atoms with van der Waals surface area (Å²) < 4.78 is 0. The molecule has 0 saturated carbocycles. The summed E-state index contributed by atoms with van der Waals surface area (Å²) in [5, 5.41) is 0. The molecule has 0 radical (unpaired) electrons. The summed E-state index contributed by atoms with van der Waals surface area (Å²) in [6, 6.07) is 0. The third kappa shape index (κ3) is 2.55. The number of ketones is 1. The zero-order chi connectivity index (χ0) is 9.68. The van der Waals surface area contributed by atoms with Gasteiger partial charge < -0.3 is 0 Å². The van der Waals surface area contributed by atoms with Crippen LogP contribution in [0.4, 0.5) is 0 Å². The van der Waals surface area contributed by atoms with Crippen molar-refractivity contribution in [1.82, 2.24) is 0 Å². The largest absolute Gasteiger partial charge is 0.295 e. The molecule has 1 aliphatic carbocycles. The van der Waals surface area contributed by atoms with Crippen LogP contribution in [0, 0.1) is 0 Å². The topological polar surface area (TPSA) is 17.1 Å². The van der Waals surface area contributed by atoms with E-state index in [9.17, 15) is 4.79 Å². The number of hydrogen-bond donors (Lipinski definition) is 0. The van der Waals surface area contributed by atoms with Crippen LogP contribution in [0.2, 0.25) is 0 Å². The van der Waals surface area contributed by atoms with Gasteiger partial charge in [0.05, 0.1) is 0 Å². The van der Waals surface area contributed by atoms with E-state index < -0.39 is 0 Å². The van der Waals surface area contributed by atoms with Crippen molar-refractivity contribution < 1.29 is 4.79 Å².